The van der Waals surface area contributed by atoms with Gasteiger partial charge >= 0.3 is 0 Å². The van der Waals surface area contributed by atoms with Crippen LogP contribution in [0, 0.1) is 12.7 Å². The van der Waals surface area contributed by atoms with Gasteiger partial charge in [0.15, 0.2) is 0 Å². The zero-order chi connectivity index (χ0) is 21.1. The van der Waals surface area contributed by atoms with Crippen molar-refractivity contribution >= 4 is 33.4 Å². The van der Waals surface area contributed by atoms with E-state index in [4.69, 9.17) is 0 Å². The number of fused-ring (bicyclic) bond motifs is 1. The Labute approximate surface area is 178 Å². The Morgan fingerprint density at radius 2 is 1.83 bits per heavy atom. The van der Waals surface area contributed by atoms with Gasteiger partial charge in [-0.2, -0.15) is 5.10 Å². The summed E-state index contributed by atoms with van der Waals surface area (Å²) in [5, 5.41) is 8.28. The van der Waals surface area contributed by atoms with Crippen LogP contribution < -0.4 is 5.32 Å². The lowest BCUT2D eigenvalue weighted by atomic mass is 10.2. The van der Waals surface area contributed by atoms with Gasteiger partial charge in [0, 0.05) is 31.4 Å². The first-order valence-electron chi connectivity index (χ1n) is 10.3. The van der Waals surface area contributed by atoms with Crippen molar-refractivity contribution in [1.82, 2.24) is 20.0 Å². The van der Waals surface area contributed by atoms with Crippen LogP contribution in [0.1, 0.15) is 47.5 Å². The van der Waals surface area contributed by atoms with E-state index < -0.39 is 0 Å². The van der Waals surface area contributed by atoms with Crippen molar-refractivity contribution in [1.29, 1.82) is 0 Å². The van der Waals surface area contributed by atoms with Crippen molar-refractivity contribution in [3.63, 3.8) is 0 Å². The molecule has 1 aliphatic heterocycles. The number of nitrogens with zero attached hydrogens (tertiary/aromatic N) is 3. The third kappa shape index (κ3) is 4.38. The Kier molecular flexibility index (Phi) is 6.13. The highest BCUT2D eigenvalue weighted by molar-refractivity contribution is 7.20. The smallest absolute Gasteiger partial charge is 0.261 e. The Hall–Kier alpha value is -2.74. The van der Waals surface area contributed by atoms with Crippen molar-refractivity contribution in [2.45, 2.75) is 39.0 Å². The fraction of sp³-hybridized carbons (Fsp3) is 0.409. The number of hydrogen-bond acceptors (Lipinski definition) is 4. The molecule has 3 heterocycles. The van der Waals surface area contributed by atoms with Crippen LogP contribution in [0.5, 0.6) is 0 Å². The average Bonchev–Trinajstić information content (AvgIpc) is 3.17. The van der Waals surface area contributed by atoms with Crippen molar-refractivity contribution in [2.75, 3.05) is 19.6 Å². The minimum Gasteiger partial charge on any atom is -0.351 e. The summed E-state index contributed by atoms with van der Waals surface area (Å²) in [4.78, 5) is 28.3. The molecule has 8 heteroatoms. The van der Waals surface area contributed by atoms with E-state index >= 15 is 0 Å². The van der Waals surface area contributed by atoms with Crippen molar-refractivity contribution in [2.24, 2.45) is 0 Å². The zero-order valence-electron chi connectivity index (χ0n) is 17.0. The lowest BCUT2D eigenvalue weighted by Crippen LogP contribution is -2.35. The van der Waals surface area contributed by atoms with Crippen LogP contribution in [0.3, 0.4) is 0 Å². The zero-order valence-corrected chi connectivity index (χ0v) is 17.8. The normalized spacial score (nSPS) is 14.7. The van der Waals surface area contributed by atoms with Gasteiger partial charge in [-0.05, 0) is 50.1 Å². The topological polar surface area (TPSA) is 67.2 Å². The number of hydrogen-bond donors (Lipinski definition) is 1. The first-order valence-corrected chi connectivity index (χ1v) is 11.2. The number of aromatic nitrogens is 2. The van der Waals surface area contributed by atoms with Gasteiger partial charge in [0.1, 0.15) is 10.6 Å². The van der Waals surface area contributed by atoms with E-state index in [1.807, 2.05) is 17.9 Å². The van der Waals surface area contributed by atoms with Crippen LogP contribution >= 0.6 is 11.3 Å². The summed E-state index contributed by atoms with van der Waals surface area (Å²) in [6, 6.07) is 7.93. The quantitative estimate of drug-likeness (QED) is 0.667. The van der Waals surface area contributed by atoms with Crippen LogP contribution in [0.15, 0.2) is 30.3 Å². The average molecular weight is 429 g/mol. The summed E-state index contributed by atoms with van der Waals surface area (Å²) in [6.45, 7) is 3.85. The van der Waals surface area contributed by atoms with Gasteiger partial charge in [0.25, 0.3) is 5.91 Å². The van der Waals surface area contributed by atoms with Crippen molar-refractivity contribution in [3.05, 3.63) is 46.7 Å². The van der Waals surface area contributed by atoms with E-state index in [0.29, 0.717) is 17.8 Å². The molecule has 0 radical (unpaired) electrons. The molecule has 1 aromatic carbocycles. The second kappa shape index (κ2) is 8.95. The highest BCUT2D eigenvalue weighted by Crippen LogP contribution is 2.30. The van der Waals surface area contributed by atoms with Crippen LogP contribution in [0.2, 0.25) is 0 Å². The third-order valence-electron chi connectivity index (χ3n) is 5.42. The molecule has 30 heavy (non-hydrogen) atoms. The van der Waals surface area contributed by atoms with E-state index in [0.717, 1.165) is 47.5 Å². The Bertz CT molecular complexity index is 1050. The monoisotopic (exact) mass is 428 g/mol. The molecule has 1 fully saturated rings. The molecule has 1 aliphatic rings. The SMILES string of the molecule is Cc1nn(-c2ccc(F)cc2)c2sc(C(=O)NCCC(=O)N3CCCCCC3)cc12. The lowest BCUT2D eigenvalue weighted by Gasteiger charge is -2.20. The molecular weight excluding hydrogens is 403 g/mol. The van der Waals surface area contributed by atoms with Crippen LogP contribution in [-0.2, 0) is 4.79 Å². The lowest BCUT2D eigenvalue weighted by molar-refractivity contribution is -0.131. The molecule has 1 N–H and O–H groups in total. The summed E-state index contributed by atoms with van der Waals surface area (Å²) in [5.41, 5.74) is 1.55. The van der Waals surface area contributed by atoms with Gasteiger partial charge in [-0.3, -0.25) is 9.59 Å². The van der Waals surface area contributed by atoms with E-state index in [9.17, 15) is 14.0 Å². The third-order valence-corrected chi connectivity index (χ3v) is 6.53. The number of nitrogens with one attached hydrogen (secondary N) is 1. The van der Waals surface area contributed by atoms with Crippen LogP contribution in [-0.4, -0.2) is 46.1 Å². The summed E-state index contributed by atoms with van der Waals surface area (Å²) in [6.07, 6.45) is 4.80. The molecule has 2 amide bonds. The number of benzene rings is 1. The van der Waals surface area contributed by atoms with E-state index in [2.05, 4.69) is 10.4 Å². The predicted octanol–water partition coefficient (Wildman–Crippen LogP) is 4.06. The maximum atomic E-state index is 13.2. The number of carbonyl (C=O) groups is 2. The second-order valence-electron chi connectivity index (χ2n) is 7.60. The van der Waals surface area contributed by atoms with Gasteiger partial charge in [0.2, 0.25) is 5.91 Å². The molecule has 0 spiro atoms. The Morgan fingerprint density at radius 1 is 1.13 bits per heavy atom. The van der Waals surface area contributed by atoms with E-state index in [1.165, 1.54) is 36.3 Å². The number of thiophene rings is 1. The summed E-state index contributed by atoms with van der Waals surface area (Å²) < 4.78 is 15.0. The predicted molar refractivity (Wildman–Crippen MR) is 116 cm³/mol. The first-order chi connectivity index (χ1) is 14.5. The second-order valence-corrected chi connectivity index (χ2v) is 8.63. The molecule has 0 unspecified atom stereocenters. The van der Waals surface area contributed by atoms with Crippen molar-refractivity contribution in [3.8, 4) is 5.69 Å². The van der Waals surface area contributed by atoms with E-state index in [1.54, 1.807) is 16.8 Å². The summed E-state index contributed by atoms with van der Waals surface area (Å²) in [5.74, 6) is -0.388. The molecule has 0 bridgehead atoms. The molecule has 4 rings (SSSR count). The van der Waals surface area contributed by atoms with Crippen LogP contribution in [0.4, 0.5) is 4.39 Å². The van der Waals surface area contributed by atoms with Gasteiger partial charge < -0.3 is 10.2 Å². The maximum Gasteiger partial charge on any atom is 0.261 e. The number of aryl methyl sites for hydroxylation is 1. The minimum atomic E-state index is -0.306. The molecule has 0 saturated carbocycles. The highest BCUT2D eigenvalue weighted by Gasteiger charge is 2.19. The molecular formula is C22H25FN4O2S. The van der Waals surface area contributed by atoms with Crippen LogP contribution in [0.25, 0.3) is 15.9 Å². The number of likely N-dealkylation sites (tertiary alicyclic amines) is 1. The fourth-order valence-corrected chi connectivity index (χ4v) is 4.86. The molecule has 0 atom stereocenters. The molecule has 158 valence electrons. The molecule has 1 saturated heterocycles. The highest BCUT2D eigenvalue weighted by atomic mass is 32.1. The Morgan fingerprint density at radius 3 is 2.53 bits per heavy atom. The van der Waals surface area contributed by atoms with Gasteiger partial charge in [-0.25, -0.2) is 9.07 Å². The number of rotatable bonds is 5. The molecule has 6 nitrogen and oxygen atoms in total. The molecule has 0 aliphatic carbocycles. The maximum absolute atomic E-state index is 13.2. The number of amides is 2. The number of halogens is 1. The van der Waals surface area contributed by atoms with Gasteiger partial charge in [0.05, 0.1) is 16.3 Å². The Balaban J connectivity index is 1.42. The number of carbonyl (C=O) groups excluding carboxylic acids is 2. The standard InChI is InChI=1S/C22H25FN4O2S/c1-15-18-14-19(30-22(18)27(25-15)17-8-6-16(23)7-9-17)21(29)24-11-10-20(28)26-12-4-2-3-5-13-26/h6-9,14H,2-5,10-13H2,1H3,(H,24,29). The van der Waals surface area contributed by atoms with Gasteiger partial charge in [-0.1, -0.05) is 12.8 Å². The van der Waals surface area contributed by atoms with E-state index in [-0.39, 0.29) is 17.6 Å². The first kappa shape index (κ1) is 20.5. The summed E-state index contributed by atoms with van der Waals surface area (Å²) >= 11 is 1.34. The fourth-order valence-electron chi connectivity index (χ4n) is 3.76. The minimum absolute atomic E-state index is 0.108. The largest absolute Gasteiger partial charge is 0.351 e. The summed E-state index contributed by atoms with van der Waals surface area (Å²) in [7, 11) is 0. The van der Waals surface area contributed by atoms with Crippen molar-refractivity contribution < 1.29 is 14.0 Å². The van der Waals surface area contributed by atoms with Gasteiger partial charge in [-0.15, -0.1) is 11.3 Å². The molecule has 3 aromatic rings. The molecule has 2 aromatic heterocycles.